The summed E-state index contributed by atoms with van der Waals surface area (Å²) in [5.74, 6) is -0.431. The molecule has 0 radical (unpaired) electrons. The van der Waals surface area contributed by atoms with E-state index in [-0.39, 0.29) is 18.6 Å². The quantitative estimate of drug-likeness (QED) is 0.545. The Morgan fingerprint density at radius 2 is 1.81 bits per heavy atom. The summed E-state index contributed by atoms with van der Waals surface area (Å²) in [6.07, 6.45) is 4.96. The SMILES string of the molecule is C#C[C@]1(COC(=O)c2ccc(C)cc2)OC(OC(C)=O)C[C@H]1c1cc(C)ccc1C(=O)O. The summed E-state index contributed by atoms with van der Waals surface area (Å²) >= 11 is 0. The molecule has 1 unspecified atom stereocenters. The monoisotopic (exact) mass is 436 g/mol. The van der Waals surface area contributed by atoms with Crippen molar-refractivity contribution in [3.8, 4) is 12.3 Å². The topological polar surface area (TPSA) is 99.1 Å². The van der Waals surface area contributed by atoms with E-state index in [1.54, 1.807) is 36.4 Å². The lowest BCUT2D eigenvalue weighted by molar-refractivity contribution is -0.182. The van der Waals surface area contributed by atoms with E-state index in [2.05, 4.69) is 5.92 Å². The van der Waals surface area contributed by atoms with Crippen molar-refractivity contribution >= 4 is 17.9 Å². The summed E-state index contributed by atoms with van der Waals surface area (Å²) in [4.78, 5) is 36.0. The lowest BCUT2D eigenvalue weighted by atomic mass is 9.80. The van der Waals surface area contributed by atoms with Gasteiger partial charge in [0, 0.05) is 19.3 Å². The van der Waals surface area contributed by atoms with Crippen LogP contribution in [0.25, 0.3) is 0 Å². The van der Waals surface area contributed by atoms with Crippen molar-refractivity contribution in [2.24, 2.45) is 0 Å². The highest BCUT2D eigenvalue weighted by molar-refractivity contribution is 5.90. The molecule has 1 aliphatic heterocycles. The maximum Gasteiger partial charge on any atom is 0.338 e. The molecule has 0 aromatic heterocycles. The van der Waals surface area contributed by atoms with E-state index in [0.717, 1.165) is 11.1 Å². The maximum absolute atomic E-state index is 12.6. The van der Waals surface area contributed by atoms with Crippen molar-refractivity contribution in [3.05, 3.63) is 70.3 Å². The number of hydrogen-bond donors (Lipinski definition) is 1. The number of carbonyl (C=O) groups is 3. The number of esters is 2. The molecule has 0 saturated carbocycles. The average Bonchev–Trinajstić information content (AvgIpc) is 3.10. The maximum atomic E-state index is 12.6. The smallest absolute Gasteiger partial charge is 0.338 e. The van der Waals surface area contributed by atoms with E-state index in [9.17, 15) is 19.5 Å². The third-order valence-electron chi connectivity index (χ3n) is 5.39. The molecule has 1 saturated heterocycles. The first-order valence-electron chi connectivity index (χ1n) is 10.1. The number of aromatic carboxylic acids is 1. The van der Waals surface area contributed by atoms with Crippen LogP contribution in [0, 0.1) is 26.2 Å². The molecule has 7 heteroatoms. The number of terminal acetylenes is 1. The second-order valence-corrected chi connectivity index (χ2v) is 7.82. The van der Waals surface area contributed by atoms with Crippen LogP contribution in [-0.2, 0) is 19.0 Å². The number of carboxylic acid groups (broad SMARTS) is 1. The normalized spacial score (nSPS) is 22.1. The van der Waals surface area contributed by atoms with E-state index in [0.29, 0.717) is 11.1 Å². The molecule has 3 atom stereocenters. The van der Waals surface area contributed by atoms with Gasteiger partial charge >= 0.3 is 17.9 Å². The Labute approximate surface area is 186 Å². The van der Waals surface area contributed by atoms with E-state index in [1.807, 2.05) is 13.8 Å². The Hall–Kier alpha value is -3.63. The highest BCUT2D eigenvalue weighted by atomic mass is 16.7. The molecule has 166 valence electrons. The molecule has 3 rings (SSSR count). The lowest BCUT2D eigenvalue weighted by Gasteiger charge is -2.29. The number of hydrogen-bond acceptors (Lipinski definition) is 6. The van der Waals surface area contributed by atoms with Crippen molar-refractivity contribution in [2.45, 2.75) is 45.0 Å². The third-order valence-corrected chi connectivity index (χ3v) is 5.39. The zero-order valence-electron chi connectivity index (χ0n) is 18.1. The van der Waals surface area contributed by atoms with Gasteiger partial charge in [0.15, 0.2) is 5.60 Å². The molecule has 7 nitrogen and oxygen atoms in total. The van der Waals surface area contributed by atoms with Crippen LogP contribution < -0.4 is 0 Å². The van der Waals surface area contributed by atoms with Crippen LogP contribution in [0.2, 0.25) is 0 Å². The Balaban J connectivity index is 1.96. The molecule has 32 heavy (non-hydrogen) atoms. The van der Waals surface area contributed by atoms with Crippen molar-refractivity contribution in [2.75, 3.05) is 6.61 Å². The van der Waals surface area contributed by atoms with Crippen LogP contribution >= 0.6 is 0 Å². The van der Waals surface area contributed by atoms with Gasteiger partial charge in [-0.25, -0.2) is 9.59 Å². The summed E-state index contributed by atoms with van der Waals surface area (Å²) in [6.45, 7) is 4.62. The molecule has 1 aliphatic rings. The van der Waals surface area contributed by atoms with Gasteiger partial charge in [-0.3, -0.25) is 4.79 Å². The Kier molecular flexibility index (Phi) is 6.66. The van der Waals surface area contributed by atoms with E-state index >= 15 is 0 Å². The van der Waals surface area contributed by atoms with Crippen LogP contribution in [0.3, 0.4) is 0 Å². The second-order valence-electron chi connectivity index (χ2n) is 7.82. The number of carbonyl (C=O) groups excluding carboxylic acids is 2. The van der Waals surface area contributed by atoms with Crippen LogP contribution in [0.5, 0.6) is 0 Å². The Bertz CT molecular complexity index is 1080. The number of ether oxygens (including phenoxy) is 3. The molecule has 0 aliphatic carbocycles. The standard InChI is InChI=1S/C25H24O7/c1-5-25(14-30-24(29)18-9-6-15(2)7-10-18)21(13-22(32-25)31-17(4)26)20-12-16(3)8-11-19(20)23(27)28/h1,6-12,21-22H,13-14H2,2-4H3,(H,27,28)/t21-,22?,25+/m0/s1. The van der Waals surface area contributed by atoms with Gasteiger partial charge in [0.1, 0.15) is 6.61 Å². The minimum Gasteiger partial charge on any atom is -0.478 e. The fraction of sp³-hybridized carbons (Fsp3) is 0.320. The molecular formula is C25H24O7. The Morgan fingerprint density at radius 3 is 2.41 bits per heavy atom. The van der Waals surface area contributed by atoms with E-state index < -0.39 is 35.7 Å². The number of rotatable bonds is 6. The largest absolute Gasteiger partial charge is 0.478 e. The first-order valence-corrected chi connectivity index (χ1v) is 10.1. The number of benzene rings is 2. The van der Waals surface area contributed by atoms with Gasteiger partial charge in [-0.1, -0.05) is 41.3 Å². The highest BCUT2D eigenvalue weighted by Crippen LogP contribution is 2.45. The molecule has 2 aromatic rings. The molecular weight excluding hydrogens is 412 g/mol. The van der Waals surface area contributed by atoms with Gasteiger partial charge in [0.05, 0.1) is 11.1 Å². The summed E-state index contributed by atoms with van der Waals surface area (Å²) in [6, 6.07) is 11.7. The molecule has 1 heterocycles. The van der Waals surface area contributed by atoms with Gasteiger partial charge in [0.25, 0.3) is 0 Å². The molecule has 0 amide bonds. The zero-order chi connectivity index (χ0) is 23.5. The summed E-state index contributed by atoms with van der Waals surface area (Å²) < 4.78 is 16.6. The molecule has 1 fully saturated rings. The fourth-order valence-corrected chi connectivity index (χ4v) is 3.80. The predicted molar refractivity (Wildman–Crippen MR) is 115 cm³/mol. The number of aryl methyl sites for hydroxylation is 2. The summed E-state index contributed by atoms with van der Waals surface area (Å²) in [5, 5.41) is 9.70. The van der Waals surface area contributed by atoms with Crippen molar-refractivity contribution in [1.29, 1.82) is 0 Å². The zero-order valence-corrected chi connectivity index (χ0v) is 18.1. The molecule has 0 spiro atoms. The molecule has 2 aromatic carbocycles. The van der Waals surface area contributed by atoms with Crippen LogP contribution in [0.15, 0.2) is 42.5 Å². The minimum absolute atomic E-state index is 0.0529. The van der Waals surface area contributed by atoms with E-state index in [4.69, 9.17) is 20.6 Å². The third kappa shape index (κ3) is 4.82. The summed E-state index contributed by atoms with van der Waals surface area (Å²) in [7, 11) is 0. The van der Waals surface area contributed by atoms with Gasteiger partial charge in [-0.2, -0.15) is 0 Å². The highest BCUT2D eigenvalue weighted by Gasteiger charge is 2.51. The van der Waals surface area contributed by atoms with Crippen LogP contribution in [-0.4, -0.2) is 41.5 Å². The summed E-state index contributed by atoms with van der Waals surface area (Å²) in [5.41, 5.74) is 1.12. The van der Waals surface area contributed by atoms with Gasteiger partial charge in [-0.15, -0.1) is 6.42 Å². The van der Waals surface area contributed by atoms with Gasteiger partial charge < -0.3 is 19.3 Å². The predicted octanol–water partition coefficient (Wildman–Crippen LogP) is 3.62. The van der Waals surface area contributed by atoms with Crippen molar-refractivity contribution < 1.29 is 33.7 Å². The van der Waals surface area contributed by atoms with Crippen molar-refractivity contribution in [1.82, 2.24) is 0 Å². The molecule has 0 bridgehead atoms. The van der Waals surface area contributed by atoms with Crippen LogP contribution in [0.4, 0.5) is 0 Å². The first kappa shape index (κ1) is 23.0. The minimum atomic E-state index is -1.52. The van der Waals surface area contributed by atoms with Crippen LogP contribution in [0.1, 0.15) is 56.7 Å². The molecule has 1 N–H and O–H groups in total. The van der Waals surface area contributed by atoms with E-state index in [1.165, 1.54) is 13.0 Å². The van der Waals surface area contributed by atoms with Crippen molar-refractivity contribution in [3.63, 3.8) is 0 Å². The lowest BCUT2D eigenvalue weighted by Crippen LogP contribution is -2.40. The van der Waals surface area contributed by atoms with Gasteiger partial charge in [-0.05, 0) is 37.6 Å². The first-order chi connectivity index (χ1) is 15.1. The fourth-order valence-electron chi connectivity index (χ4n) is 3.80. The van der Waals surface area contributed by atoms with Gasteiger partial charge in [0.2, 0.25) is 6.29 Å². The Morgan fingerprint density at radius 1 is 1.16 bits per heavy atom. The second kappa shape index (κ2) is 9.25. The average molecular weight is 436 g/mol. The number of carboxylic acids is 1.